The van der Waals surface area contributed by atoms with Crippen LogP contribution < -0.4 is 15.4 Å². The predicted molar refractivity (Wildman–Crippen MR) is 132 cm³/mol. The van der Waals surface area contributed by atoms with Gasteiger partial charge < -0.3 is 15.4 Å². The van der Waals surface area contributed by atoms with Crippen molar-refractivity contribution in [3.05, 3.63) is 82.6 Å². The van der Waals surface area contributed by atoms with Gasteiger partial charge in [-0.25, -0.2) is 0 Å². The number of rotatable bonds is 10. The average Bonchev–Trinajstić information content (AvgIpc) is 3.51. The number of carbonyl (C=O) groups excluding carboxylic acids is 1. The van der Waals surface area contributed by atoms with Gasteiger partial charge in [-0.1, -0.05) is 71.6 Å². The minimum atomic E-state index is -0.161. The molecule has 2 aromatic carbocycles. The third-order valence-electron chi connectivity index (χ3n) is 4.43. The van der Waals surface area contributed by atoms with E-state index >= 15 is 0 Å². The van der Waals surface area contributed by atoms with Crippen molar-refractivity contribution in [1.29, 1.82) is 0 Å². The van der Waals surface area contributed by atoms with Crippen LogP contribution in [-0.4, -0.2) is 28.5 Å². The second kappa shape index (κ2) is 11.1. The lowest BCUT2D eigenvalue weighted by Crippen LogP contribution is -2.30. The van der Waals surface area contributed by atoms with Crippen molar-refractivity contribution in [2.45, 2.75) is 17.3 Å². The van der Waals surface area contributed by atoms with Gasteiger partial charge in [0.1, 0.15) is 5.75 Å². The summed E-state index contributed by atoms with van der Waals surface area (Å²) in [6.45, 7) is 2.53. The number of ether oxygens (including phenoxy) is 1. The molecule has 32 heavy (non-hydrogen) atoms. The summed E-state index contributed by atoms with van der Waals surface area (Å²) < 4.78 is 6.36. The molecule has 0 fully saturated rings. The third-order valence-corrected chi connectivity index (χ3v) is 7.34. The molecule has 2 N–H and O–H groups in total. The number of amides is 1. The number of thioether (sulfide) groups is 1. The molecule has 2 heterocycles. The van der Waals surface area contributed by atoms with E-state index in [-0.39, 0.29) is 17.7 Å². The van der Waals surface area contributed by atoms with Crippen molar-refractivity contribution in [3.8, 4) is 5.75 Å². The lowest BCUT2D eigenvalue weighted by molar-refractivity contribution is -0.119. The minimum Gasteiger partial charge on any atom is -0.492 e. The summed E-state index contributed by atoms with van der Waals surface area (Å²) in [6.07, 6.45) is 0. The van der Waals surface area contributed by atoms with Crippen molar-refractivity contribution in [1.82, 2.24) is 15.5 Å². The highest BCUT2D eigenvalue weighted by Crippen LogP contribution is 2.32. The molecule has 0 bridgehead atoms. The second-order valence-electron chi connectivity index (χ2n) is 6.64. The van der Waals surface area contributed by atoms with Crippen LogP contribution in [0.1, 0.15) is 23.4 Å². The van der Waals surface area contributed by atoms with E-state index in [1.807, 2.05) is 79.0 Å². The van der Waals surface area contributed by atoms with Crippen LogP contribution in [0.15, 0.2) is 76.4 Å². The molecule has 0 saturated heterocycles. The summed E-state index contributed by atoms with van der Waals surface area (Å²) in [4.78, 5) is 13.8. The topological polar surface area (TPSA) is 76.1 Å². The third kappa shape index (κ3) is 5.87. The Kier molecular flexibility index (Phi) is 7.76. The van der Waals surface area contributed by atoms with Gasteiger partial charge in [-0.05, 0) is 36.1 Å². The Bertz CT molecular complexity index is 1130. The summed E-state index contributed by atoms with van der Waals surface area (Å²) in [5.74, 6) is 0.974. The van der Waals surface area contributed by atoms with Crippen molar-refractivity contribution in [2.24, 2.45) is 0 Å². The number of para-hydroxylation sites is 2. The summed E-state index contributed by atoms with van der Waals surface area (Å²) in [6, 6.07) is 21.6. The molecule has 0 spiro atoms. The fourth-order valence-electron chi connectivity index (χ4n) is 3.03. The zero-order valence-electron chi connectivity index (χ0n) is 17.4. The number of nitrogens with zero attached hydrogens (tertiary/aromatic N) is 2. The van der Waals surface area contributed by atoms with E-state index in [1.54, 1.807) is 11.3 Å². The van der Waals surface area contributed by atoms with Crippen LogP contribution in [0.25, 0.3) is 0 Å². The smallest absolute Gasteiger partial charge is 0.231 e. The number of nitrogens with one attached hydrogen (secondary N) is 2. The van der Waals surface area contributed by atoms with E-state index in [0.29, 0.717) is 11.7 Å². The van der Waals surface area contributed by atoms with Crippen LogP contribution in [0.2, 0.25) is 0 Å². The fraction of sp³-hybridized carbons (Fsp3) is 0.174. The van der Waals surface area contributed by atoms with E-state index in [2.05, 4.69) is 20.8 Å². The number of aromatic nitrogens is 2. The number of thiophene rings is 1. The first-order valence-electron chi connectivity index (χ1n) is 10.1. The number of hydrogen-bond acceptors (Lipinski definition) is 8. The average molecular weight is 483 g/mol. The molecule has 1 unspecified atom stereocenters. The van der Waals surface area contributed by atoms with E-state index in [1.165, 1.54) is 23.1 Å². The Balaban J connectivity index is 1.36. The highest BCUT2D eigenvalue weighted by molar-refractivity contribution is 8.01. The first-order chi connectivity index (χ1) is 15.7. The van der Waals surface area contributed by atoms with Crippen LogP contribution in [0.5, 0.6) is 5.75 Å². The van der Waals surface area contributed by atoms with Gasteiger partial charge in [-0.2, -0.15) is 0 Å². The number of anilines is 2. The standard InChI is InChI=1S/C23H22N4O2S3/c1-2-29-18-12-7-6-11-17(18)24-22-26-27-23(32-22)31-15-20(28)25-21(19-13-8-14-30-19)16-9-4-3-5-10-16/h3-14,21H,2,15H2,1H3,(H,24,26)(H,25,28). The Morgan fingerprint density at radius 2 is 1.88 bits per heavy atom. The van der Waals surface area contributed by atoms with Gasteiger partial charge in [0.15, 0.2) is 4.34 Å². The molecule has 1 atom stereocenters. The molecule has 164 valence electrons. The predicted octanol–water partition coefficient (Wildman–Crippen LogP) is 5.74. The number of benzene rings is 2. The molecule has 0 aliphatic rings. The molecule has 0 aliphatic heterocycles. The fourth-order valence-corrected chi connectivity index (χ4v) is 5.41. The normalized spacial score (nSPS) is 11.7. The Morgan fingerprint density at radius 3 is 2.66 bits per heavy atom. The Morgan fingerprint density at radius 1 is 1.06 bits per heavy atom. The molecule has 2 aromatic heterocycles. The van der Waals surface area contributed by atoms with Gasteiger partial charge in [-0.3, -0.25) is 4.79 Å². The van der Waals surface area contributed by atoms with Gasteiger partial charge >= 0.3 is 0 Å². The second-order valence-corrected chi connectivity index (χ2v) is 9.82. The van der Waals surface area contributed by atoms with Crippen molar-refractivity contribution in [2.75, 3.05) is 17.7 Å². The zero-order chi connectivity index (χ0) is 22.2. The summed E-state index contributed by atoms with van der Waals surface area (Å²) >= 11 is 4.41. The van der Waals surface area contributed by atoms with E-state index < -0.39 is 0 Å². The van der Waals surface area contributed by atoms with Crippen molar-refractivity contribution >= 4 is 51.2 Å². The van der Waals surface area contributed by atoms with Gasteiger partial charge in [0.25, 0.3) is 0 Å². The number of hydrogen-bond donors (Lipinski definition) is 2. The van der Waals surface area contributed by atoms with Crippen LogP contribution in [0, 0.1) is 0 Å². The molecule has 4 rings (SSSR count). The molecular formula is C23H22N4O2S3. The van der Waals surface area contributed by atoms with Crippen LogP contribution in [0.3, 0.4) is 0 Å². The van der Waals surface area contributed by atoms with Gasteiger partial charge in [0, 0.05) is 4.88 Å². The van der Waals surface area contributed by atoms with Gasteiger partial charge in [0.05, 0.1) is 24.1 Å². The maximum atomic E-state index is 12.7. The molecule has 6 nitrogen and oxygen atoms in total. The maximum Gasteiger partial charge on any atom is 0.231 e. The summed E-state index contributed by atoms with van der Waals surface area (Å²) in [7, 11) is 0. The minimum absolute atomic E-state index is 0.0522. The Hall–Kier alpha value is -2.88. The lowest BCUT2D eigenvalue weighted by Gasteiger charge is -2.17. The number of carbonyl (C=O) groups is 1. The molecule has 0 radical (unpaired) electrons. The zero-order valence-corrected chi connectivity index (χ0v) is 19.8. The van der Waals surface area contributed by atoms with Gasteiger partial charge in [-0.15, -0.1) is 21.5 Å². The first kappa shape index (κ1) is 22.3. The van der Waals surface area contributed by atoms with Crippen LogP contribution in [-0.2, 0) is 4.79 Å². The molecule has 0 aliphatic carbocycles. The molecular weight excluding hydrogens is 460 g/mol. The molecule has 1 amide bonds. The van der Waals surface area contributed by atoms with Gasteiger partial charge in [0.2, 0.25) is 11.0 Å². The first-order valence-corrected chi connectivity index (χ1v) is 12.7. The van der Waals surface area contributed by atoms with E-state index in [0.717, 1.165) is 26.2 Å². The van der Waals surface area contributed by atoms with Crippen molar-refractivity contribution in [3.63, 3.8) is 0 Å². The molecule has 9 heteroatoms. The lowest BCUT2D eigenvalue weighted by atomic mass is 10.1. The molecule has 0 saturated carbocycles. The summed E-state index contributed by atoms with van der Waals surface area (Å²) in [5.41, 5.74) is 1.89. The summed E-state index contributed by atoms with van der Waals surface area (Å²) in [5, 5.41) is 17.5. The Labute approximate surface area is 199 Å². The van der Waals surface area contributed by atoms with Crippen LogP contribution in [0.4, 0.5) is 10.8 Å². The SMILES string of the molecule is CCOc1ccccc1Nc1nnc(SCC(=O)NC(c2ccccc2)c2cccs2)s1. The molecule has 4 aromatic rings. The maximum absolute atomic E-state index is 12.7. The highest BCUT2D eigenvalue weighted by Gasteiger charge is 2.18. The van der Waals surface area contributed by atoms with E-state index in [9.17, 15) is 4.79 Å². The van der Waals surface area contributed by atoms with E-state index in [4.69, 9.17) is 4.74 Å². The van der Waals surface area contributed by atoms with Crippen LogP contribution >= 0.6 is 34.4 Å². The monoisotopic (exact) mass is 482 g/mol. The van der Waals surface area contributed by atoms with Crippen molar-refractivity contribution < 1.29 is 9.53 Å². The largest absolute Gasteiger partial charge is 0.492 e. The quantitative estimate of drug-likeness (QED) is 0.281. The highest BCUT2D eigenvalue weighted by atomic mass is 32.2.